The van der Waals surface area contributed by atoms with Crippen molar-refractivity contribution in [3.8, 4) is 0 Å². The number of aliphatic carboxylic acids is 1. The molecule has 0 aliphatic heterocycles. The first-order chi connectivity index (χ1) is 10.3. The number of alkyl halides is 3. The van der Waals surface area contributed by atoms with E-state index in [0.717, 1.165) is 13.0 Å². The van der Waals surface area contributed by atoms with E-state index in [1.165, 1.54) is 0 Å². The molecule has 8 nitrogen and oxygen atoms in total. The van der Waals surface area contributed by atoms with Crippen LogP contribution in [0.1, 0.15) is 18.9 Å². The van der Waals surface area contributed by atoms with Gasteiger partial charge in [-0.2, -0.15) is 13.2 Å². The number of halogens is 3. The third-order valence-corrected chi connectivity index (χ3v) is 2.74. The number of carbonyl (C=O) groups is 2. The van der Waals surface area contributed by atoms with Crippen LogP contribution in [0.3, 0.4) is 0 Å². The van der Waals surface area contributed by atoms with E-state index in [0.29, 0.717) is 12.1 Å². The first kappa shape index (κ1) is 18.4. The van der Waals surface area contributed by atoms with Gasteiger partial charge in [-0.1, -0.05) is 0 Å². The number of nitrogens with one attached hydrogen (secondary N) is 1. The van der Waals surface area contributed by atoms with Crippen molar-refractivity contribution in [2.75, 3.05) is 5.32 Å². The Morgan fingerprint density at radius 2 is 1.91 bits per heavy atom. The average molecular weight is 336 g/mol. The van der Waals surface area contributed by atoms with Gasteiger partial charge in [0.05, 0.1) is 11.3 Å². The molecule has 1 amide bonds. The molecule has 0 saturated heterocycles. The summed E-state index contributed by atoms with van der Waals surface area (Å²) in [4.78, 5) is 31.6. The summed E-state index contributed by atoms with van der Waals surface area (Å²) in [6.07, 6.45) is -6.01. The summed E-state index contributed by atoms with van der Waals surface area (Å²) in [5.41, 5.74) is -5.63. The van der Waals surface area contributed by atoms with Gasteiger partial charge in [0.25, 0.3) is 11.6 Å². The van der Waals surface area contributed by atoms with Gasteiger partial charge in [-0.3, -0.25) is 19.7 Å². The molecule has 1 aromatic rings. The summed E-state index contributed by atoms with van der Waals surface area (Å²) >= 11 is 0. The van der Waals surface area contributed by atoms with Crippen molar-refractivity contribution in [2.24, 2.45) is 0 Å². The Morgan fingerprint density at radius 3 is 2.35 bits per heavy atom. The summed E-state index contributed by atoms with van der Waals surface area (Å²) in [5, 5.41) is 30.7. The summed E-state index contributed by atoms with van der Waals surface area (Å²) in [7, 11) is 0. The molecule has 1 rings (SSSR count). The van der Waals surface area contributed by atoms with Gasteiger partial charge in [-0.05, 0) is 19.1 Å². The highest BCUT2D eigenvalue weighted by atomic mass is 19.4. The number of aliphatic hydroxyl groups is 1. The summed E-state index contributed by atoms with van der Waals surface area (Å²) in [5.74, 6) is -2.76. The molecule has 0 radical (unpaired) electrons. The molecule has 0 aromatic heterocycles. The number of nitro benzene ring substituents is 1. The first-order valence-electron chi connectivity index (χ1n) is 5.96. The van der Waals surface area contributed by atoms with Crippen LogP contribution in [-0.2, 0) is 15.8 Å². The molecule has 0 heterocycles. The smallest absolute Gasteiger partial charge is 0.423 e. The third kappa shape index (κ3) is 4.64. The monoisotopic (exact) mass is 336 g/mol. The van der Waals surface area contributed by atoms with Gasteiger partial charge in [0.2, 0.25) is 0 Å². The number of rotatable bonds is 5. The van der Waals surface area contributed by atoms with Crippen LogP contribution < -0.4 is 5.32 Å². The Hall–Kier alpha value is -2.69. The molecule has 0 fully saturated rings. The van der Waals surface area contributed by atoms with Gasteiger partial charge in [0, 0.05) is 11.8 Å². The minimum absolute atomic E-state index is 0.326. The van der Waals surface area contributed by atoms with Crippen LogP contribution in [0.15, 0.2) is 18.2 Å². The fraction of sp³-hybridized carbons (Fsp3) is 0.333. The topological polar surface area (TPSA) is 130 Å². The molecule has 0 spiro atoms. The molecule has 3 N–H and O–H groups in total. The molecular formula is C12H11F3N2O6. The fourth-order valence-electron chi connectivity index (χ4n) is 1.64. The van der Waals surface area contributed by atoms with Crippen LogP contribution in [0.25, 0.3) is 0 Å². The van der Waals surface area contributed by atoms with Gasteiger partial charge in [-0.25, -0.2) is 0 Å². The minimum atomic E-state index is -5.03. The summed E-state index contributed by atoms with van der Waals surface area (Å²) in [6, 6.07) is 1.71. The lowest BCUT2D eigenvalue weighted by molar-refractivity contribution is -0.388. The van der Waals surface area contributed by atoms with E-state index in [4.69, 9.17) is 5.11 Å². The molecule has 0 bridgehead atoms. The molecule has 1 atom stereocenters. The van der Waals surface area contributed by atoms with Crippen molar-refractivity contribution in [3.63, 3.8) is 0 Å². The highest BCUT2D eigenvalue weighted by Gasteiger charge is 2.39. The highest BCUT2D eigenvalue weighted by Crippen LogP contribution is 2.37. The number of anilines is 1. The Labute approximate surface area is 126 Å². The Kier molecular flexibility index (Phi) is 4.95. The largest absolute Gasteiger partial charge is 0.481 e. The molecule has 1 unspecified atom stereocenters. The van der Waals surface area contributed by atoms with Gasteiger partial charge >= 0.3 is 12.1 Å². The lowest BCUT2D eigenvalue weighted by Gasteiger charge is -2.20. The standard InChI is InChI=1S/C12H11F3N2O6/c1-11(21,5-9(18)19)10(20)16-6-2-3-8(17(22)23)7(4-6)12(13,14)15/h2-4,21H,5H2,1H3,(H,16,20)(H,18,19). The highest BCUT2D eigenvalue weighted by molar-refractivity contribution is 5.99. The van der Waals surface area contributed by atoms with Crippen LogP contribution >= 0.6 is 0 Å². The predicted octanol–water partition coefficient (Wildman–Crippen LogP) is 1.78. The van der Waals surface area contributed by atoms with Crippen LogP contribution in [0.2, 0.25) is 0 Å². The molecule has 23 heavy (non-hydrogen) atoms. The van der Waals surface area contributed by atoms with Gasteiger partial charge in [0.15, 0.2) is 5.60 Å². The predicted molar refractivity (Wildman–Crippen MR) is 69.6 cm³/mol. The van der Waals surface area contributed by atoms with Crippen molar-refractivity contribution >= 4 is 23.3 Å². The van der Waals surface area contributed by atoms with Crippen molar-refractivity contribution < 1.29 is 37.9 Å². The number of carboxylic acids is 1. The second-order valence-corrected chi connectivity index (χ2v) is 4.79. The second-order valence-electron chi connectivity index (χ2n) is 4.79. The quantitative estimate of drug-likeness (QED) is 0.555. The van der Waals surface area contributed by atoms with E-state index in [1.807, 2.05) is 5.32 Å². The van der Waals surface area contributed by atoms with Crippen LogP contribution in [0.5, 0.6) is 0 Å². The number of amides is 1. The average Bonchev–Trinajstić information content (AvgIpc) is 2.35. The van der Waals surface area contributed by atoms with E-state index in [2.05, 4.69) is 0 Å². The SMILES string of the molecule is CC(O)(CC(=O)O)C(=O)Nc1ccc([N+](=O)[O-])c(C(F)(F)F)c1. The summed E-state index contributed by atoms with van der Waals surface area (Å²) < 4.78 is 38.4. The summed E-state index contributed by atoms with van der Waals surface area (Å²) in [6.45, 7) is 0.868. The van der Waals surface area contributed by atoms with Crippen LogP contribution in [-0.4, -0.2) is 32.6 Å². The lowest BCUT2D eigenvalue weighted by atomic mass is 10.0. The Bertz CT molecular complexity index is 657. The van der Waals surface area contributed by atoms with E-state index < -0.39 is 51.9 Å². The number of benzene rings is 1. The van der Waals surface area contributed by atoms with Gasteiger partial charge < -0.3 is 15.5 Å². The maximum absolute atomic E-state index is 12.8. The number of hydrogen-bond acceptors (Lipinski definition) is 5. The molecule has 126 valence electrons. The van der Waals surface area contributed by atoms with Crippen molar-refractivity contribution in [2.45, 2.75) is 25.1 Å². The van der Waals surface area contributed by atoms with Crippen molar-refractivity contribution in [1.82, 2.24) is 0 Å². The zero-order valence-corrected chi connectivity index (χ0v) is 11.5. The molecule has 0 aliphatic rings. The fourth-order valence-corrected chi connectivity index (χ4v) is 1.64. The first-order valence-corrected chi connectivity index (χ1v) is 5.96. The Morgan fingerprint density at radius 1 is 1.35 bits per heavy atom. The van der Waals surface area contributed by atoms with E-state index in [9.17, 15) is 38.0 Å². The molecule has 0 aliphatic carbocycles. The molecular weight excluding hydrogens is 325 g/mol. The van der Waals surface area contributed by atoms with E-state index in [-0.39, 0.29) is 0 Å². The number of nitrogens with zero attached hydrogens (tertiary/aromatic N) is 1. The van der Waals surface area contributed by atoms with Gasteiger partial charge in [-0.15, -0.1) is 0 Å². The number of hydrogen-bond donors (Lipinski definition) is 3. The van der Waals surface area contributed by atoms with E-state index in [1.54, 1.807) is 0 Å². The zero-order valence-electron chi connectivity index (χ0n) is 11.5. The Balaban J connectivity index is 3.14. The van der Waals surface area contributed by atoms with Gasteiger partial charge in [0.1, 0.15) is 5.56 Å². The number of carbonyl (C=O) groups excluding carboxylic acids is 1. The maximum Gasteiger partial charge on any atom is 0.423 e. The lowest BCUT2D eigenvalue weighted by Crippen LogP contribution is -2.41. The number of nitro groups is 1. The third-order valence-electron chi connectivity index (χ3n) is 2.74. The minimum Gasteiger partial charge on any atom is -0.481 e. The van der Waals surface area contributed by atoms with Crippen LogP contribution in [0.4, 0.5) is 24.5 Å². The maximum atomic E-state index is 12.8. The van der Waals surface area contributed by atoms with E-state index >= 15 is 0 Å². The molecule has 1 aromatic carbocycles. The van der Waals surface area contributed by atoms with Crippen LogP contribution in [0, 0.1) is 10.1 Å². The van der Waals surface area contributed by atoms with Crippen molar-refractivity contribution in [3.05, 3.63) is 33.9 Å². The molecule has 0 saturated carbocycles. The zero-order chi connectivity index (χ0) is 18.0. The molecule has 11 heteroatoms. The number of carboxylic acid groups (broad SMARTS) is 1. The second kappa shape index (κ2) is 6.20. The normalized spacial score (nSPS) is 14.0. The van der Waals surface area contributed by atoms with Crippen molar-refractivity contribution in [1.29, 1.82) is 0 Å².